The molecule has 1 aliphatic heterocycles. The van der Waals surface area contributed by atoms with Crippen LogP contribution in [0.1, 0.15) is 40.0 Å². The highest BCUT2D eigenvalue weighted by Crippen LogP contribution is 2.21. The summed E-state index contributed by atoms with van der Waals surface area (Å²) in [5.74, 6) is 0.737. The maximum absolute atomic E-state index is 6.08. The lowest BCUT2D eigenvalue weighted by Gasteiger charge is -2.37. The minimum atomic E-state index is 0.418. The van der Waals surface area contributed by atoms with E-state index in [4.69, 9.17) is 5.73 Å². The Kier molecular flexibility index (Phi) is 4.20. The highest BCUT2D eigenvalue weighted by Gasteiger charge is 2.24. The van der Waals surface area contributed by atoms with E-state index >= 15 is 0 Å². The van der Waals surface area contributed by atoms with E-state index in [1.54, 1.807) is 0 Å². The summed E-state index contributed by atoms with van der Waals surface area (Å²) in [6.45, 7) is 9.23. The van der Waals surface area contributed by atoms with Gasteiger partial charge < -0.3 is 10.6 Å². The van der Waals surface area contributed by atoms with Gasteiger partial charge in [0.2, 0.25) is 0 Å². The summed E-state index contributed by atoms with van der Waals surface area (Å²) < 4.78 is 0. The summed E-state index contributed by atoms with van der Waals surface area (Å²) in [4.78, 5) is 2.56. The van der Waals surface area contributed by atoms with E-state index in [1.807, 2.05) is 0 Å². The van der Waals surface area contributed by atoms with Gasteiger partial charge >= 0.3 is 0 Å². The van der Waals surface area contributed by atoms with E-state index in [0.29, 0.717) is 12.1 Å². The van der Waals surface area contributed by atoms with Gasteiger partial charge in [-0.2, -0.15) is 0 Å². The molecule has 0 aliphatic carbocycles. The lowest BCUT2D eigenvalue weighted by atomic mass is 9.89. The zero-order valence-electron chi connectivity index (χ0n) is 9.29. The normalized spacial score (nSPS) is 27.9. The van der Waals surface area contributed by atoms with Crippen molar-refractivity contribution in [3.8, 4) is 0 Å². The third-order valence-electron chi connectivity index (χ3n) is 3.30. The summed E-state index contributed by atoms with van der Waals surface area (Å²) in [5, 5.41) is 0. The van der Waals surface area contributed by atoms with Crippen molar-refractivity contribution in [2.75, 3.05) is 13.1 Å². The molecule has 13 heavy (non-hydrogen) atoms. The van der Waals surface area contributed by atoms with Gasteiger partial charge in [0.05, 0.1) is 0 Å². The number of likely N-dealkylation sites (tertiary alicyclic amines) is 1. The molecule has 1 aliphatic rings. The van der Waals surface area contributed by atoms with Gasteiger partial charge in [-0.05, 0) is 45.6 Å². The third-order valence-corrected chi connectivity index (χ3v) is 3.30. The number of hydrogen-bond donors (Lipinski definition) is 1. The molecule has 2 N–H and O–H groups in total. The third kappa shape index (κ3) is 2.96. The fourth-order valence-corrected chi connectivity index (χ4v) is 2.19. The lowest BCUT2D eigenvalue weighted by Crippen LogP contribution is -2.45. The Morgan fingerprint density at radius 2 is 2.15 bits per heavy atom. The minimum absolute atomic E-state index is 0.418. The van der Waals surface area contributed by atoms with E-state index in [2.05, 4.69) is 25.7 Å². The van der Waals surface area contributed by atoms with Gasteiger partial charge in [-0.1, -0.05) is 6.92 Å². The Hall–Kier alpha value is -0.0800. The second kappa shape index (κ2) is 4.97. The van der Waals surface area contributed by atoms with Crippen LogP contribution in [0.25, 0.3) is 0 Å². The SMILES string of the molecule is CCC(N)C1CCCN(C(C)C)C1. The largest absolute Gasteiger partial charge is 0.327 e. The first kappa shape index (κ1) is 11.0. The molecule has 0 bridgehead atoms. The van der Waals surface area contributed by atoms with Crippen molar-refractivity contribution in [1.82, 2.24) is 4.90 Å². The fourth-order valence-electron chi connectivity index (χ4n) is 2.19. The molecule has 0 aromatic rings. The van der Waals surface area contributed by atoms with Crippen LogP contribution < -0.4 is 5.73 Å². The average molecular weight is 184 g/mol. The molecule has 1 heterocycles. The molecule has 1 rings (SSSR count). The van der Waals surface area contributed by atoms with Crippen molar-refractivity contribution in [3.63, 3.8) is 0 Å². The van der Waals surface area contributed by atoms with Crippen LogP contribution in [0, 0.1) is 5.92 Å². The van der Waals surface area contributed by atoms with E-state index in [9.17, 15) is 0 Å². The molecule has 0 aromatic carbocycles. The predicted octanol–water partition coefficient (Wildman–Crippen LogP) is 1.84. The Morgan fingerprint density at radius 1 is 1.46 bits per heavy atom. The monoisotopic (exact) mass is 184 g/mol. The predicted molar refractivity (Wildman–Crippen MR) is 57.7 cm³/mol. The summed E-state index contributed by atoms with van der Waals surface area (Å²) >= 11 is 0. The van der Waals surface area contributed by atoms with E-state index < -0.39 is 0 Å². The molecule has 2 nitrogen and oxygen atoms in total. The van der Waals surface area contributed by atoms with Crippen molar-refractivity contribution in [2.24, 2.45) is 11.7 Å². The van der Waals surface area contributed by atoms with Crippen LogP contribution in [0.3, 0.4) is 0 Å². The average Bonchev–Trinajstić information content (AvgIpc) is 2.17. The Labute approximate surface area is 82.5 Å². The van der Waals surface area contributed by atoms with Crippen molar-refractivity contribution in [1.29, 1.82) is 0 Å². The Morgan fingerprint density at radius 3 is 2.69 bits per heavy atom. The van der Waals surface area contributed by atoms with Crippen LogP contribution >= 0.6 is 0 Å². The van der Waals surface area contributed by atoms with Gasteiger partial charge in [0.15, 0.2) is 0 Å². The standard InChI is InChI=1S/C11H24N2/c1-4-11(12)10-6-5-7-13(8-10)9(2)3/h9-11H,4-8,12H2,1-3H3. The van der Waals surface area contributed by atoms with E-state index in [-0.39, 0.29) is 0 Å². The number of piperidine rings is 1. The first-order chi connectivity index (χ1) is 6.15. The van der Waals surface area contributed by atoms with E-state index in [1.165, 1.54) is 25.9 Å². The first-order valence-electron chi connectivity index (χ1n) is 5.64. The smallest absolute Gasteiger partial charge is 0.00767 e. The fraction of sp³-hybridized carbons (Fsp3) is 1.00. The molecule has 1 fully saturated rings. The summed E-state index contributed by atoms with van der Waals surface area (Å²) in [5.41, 5.74) is 6.08. The number of nitrogens with zero attached hydrogens (tertiary/aromatic N) is 1. The molecule has 78 valence electrons. The number of rotatable bonds is 3. The van der Waals surface area contributed by atoms with Gasteiger partial charge in [-0.25, -0.2) is 0 Å². The zero-order valence-corrected chi connectivity index (χ0v) is 9.29. The van der Waals surface area contributed by atoms with Crippen molar-refractivity contribution >= 4 is 0 Å². The Balaban J connectivity index is 2.41. The summed E-state index contributed by atoms with van der Waals surface area (Å²) in [6, 6.07) is 1.11. The minimum Gasteiger partial charge on any atom is -0.327 e. The van der Waals surface area contributed by atoms with Crippen LogP contribution in [0.15, 0.2) is 0 Å². The van der Waals surface area contributed by atoms with Crippen LogP contribution in [-0.2, 0) is 0 Å². The van der Waals surface area contributed by atoms with Crippen LogP contribution in [0.5, 0.6) is 0 Å². The van der Waals surface area contributed by atoms with Gasteiger partial charge in [-0.15, -0.1) is 0 Å². The Bertz CT molecular complexity index is 145. The highest BCUT2D eigenvalue weighted by molar-refractivity contribution is 4.81. The number of nitrogens with two attached hydrogens (primary N) is 1. The molecule has 0 radical (unpaired) electrons. The van der Waals surface area contributed by atoms with Crippen LogP contribution in [-0.4, -0.2) is 30.1 Å². The molecule has 2 atom stereocenters. The van der Waals surface area contributed by atoms with E-state index in [0.717, 1.165) is 12.3 Å². The van der Waals surface area contributed by atoms with Gasteiger partial charge in [0.1, 0.15) is 0 Å². The summed E-state index contributed by atoms with van der Waals surface area (Å²) in [6.07, 6.45) is 3.78. The molecule has 0 spiro atoms. The molecule has 0 amide bonds. The molecular weight excluding hydrogens is 160 g/mol. The highest BCUT2D eigenvalue weighted by atomic mass is 15.2. The topological polar surface area (TPSA) is 29.3 Å². The lowest BCUT2D eigenvalue weighted by molar-refractivity contribution is 0.125. The molecular formula is C11H24N2. The molecule has 0 saturated carbocycles. The van der Waals surface area contributed by atoms with Gasteiger partial charge in [0, 0.05) is 18.6 Å². The second-order valence-corrected chi connectivity index (χ2v) is 4.56. The maximum atomic E-state index is 6.08. The van der Waals surface area contributed by atoms with Crippen molar-refractivity contribution in [2.45, 2.75) is 52.1 Å². The first-order valence-corrected chi connectivity index (χ1v) is 5.64. The molecule has 2 unspecified atom stereocenters. The van der Waals surface area contributed by atoms with Gasteiger partial charge in [-0.3, -0.25) is 0 Å². The number of hydrogen-bond acceptors (Lipinski definition) is 2. The molecule has 2 heteroatoms. The van der Waals surface area contributed by atoms with Crippen LogP contribution in [0.4, 0.5) is 0 Å². The zero-order chi connectivity index (χ0) is 9.84. The van der Waals surface area contributed by atoms with Crippen molar-refractivity contribution < 1.29 is 0 Å². The van der Waals surface area contributed by atoms with Gasteiger partial charge in [0.25, 0.3) is 0 Å². The second-order valence-electron chi connectivity index (χ2n) is 4.56. The molecule has 0 aromatic heterocycles. The van der Waals surface area contributed by atoms with Crippen LogP contribution in [0.2, 0.25) is 0 Å². The molecule has 1 saturated heterocycles. The quantitative estimate of drug-likeness (QED) is 0.725. The summed E-state index contributed by atoms with van der Waals surface area (Å²) in [7, 11) is 0. The van der Waals surface area contributed by atoms with Crippen molar-refractivity contribution in [3.05, 3.63) is 0 Å². The maximum Gasteiger partial charge on any atom is 0.00767 e.